The molecule has 3 aromatic rings. The van der Waals surface area contributed by atoms with Crippen molar-refractivity contribution in [3.63, 3.8) is 0 Å². The van der Waals surface area contributed by atoms with Gasteiger partial charge >= 0.3 is 6.18 Å². The first-order chi connectivity index (χ1) is 12.8. The van der Waals surface area contributed by atoms with E-state index in [0.717, 1.165) is 28.6 Å². The molecular formula is C18H15F3N2O3S. The van der Waals surface area contributed by atoms with Crippen LogP contribution in [-0.4, -0.2) is 17.7 Å². The third-order valence-electron chi connectivity index (χ3n) is 3.81. The number of hydrogen-bond acceptors (Lipinski definition) is 4. The fraction of sp³-hybridized carbons (Fsp3) is 0.167. The van der Waals surface area contributed by atoms with Crippen molar-refractivity contribution in [1.29, 1.82) is 0 Å². The average molecular weight is 396 g/mol. The molecule has 0 spiro atoms. The van der Waals surface area contributed by atoms with Crippen LogP contribution >= 0.6 is 0 Å². The van der Waals surface area contributed by atoms with Gasteiger partial charge in [0.15, 0.2) is 0 Å². The van der Waals surface area contributed by atoms with E-state index in [1.807, 2.05) is 0 Å². The largest absolute Gasteiger partial charge is 0.468 e. The fourth-order valence-corrected chi connectivity index (χ4v) is 3.86. The highest BCUT2D eigenvalue weighted by Gasteiger charge is 2.32. The van der Waals surface area contributed by atoms with Crippen LogP contribution in [0.1, 0.15) is 16.9 Å². The van der Waals surface area contributed by atoms with Crippen LogP contribution in [0.5, 0.6) is 0 Å². The van der Waals surface area contributed by atoms with Crippen molar-refractivity contribution in [1.82, 2.24) is 9.29 Å². The van der Waals surface area contributed by atoms with Crippen LogP contribution < -0.4 is 0 Å². The predicted molar refractivity (Wildman–Crippen MR) is 90.8 cm³/mol. The summed E-state index contributed by atoms with van der Waals surface area (Å²) in [5.41, 5.74) is -0.272. The Morgan fingerprint density at radius 2 is 1.74 bits per heavy atom. The quantitative estimate of drug-likeness (QED) is 0.630. The highest BCUT2D eigenvalue weighted by atomic mass is 32.2. The number of nitrogens with zero attached hydrogens (tertiary/aromatic N) is 2. The third kappa shape index (κ3) is 4.55. The molecule has 0 fully saturated rings. The van der Waals surface area contributed by atoms with Crippen LogP contribution in [0.25, 0.3) is 0 Å². The maximum absolute atomic E-state index is 13.0. The van der Waals surface area contributed by atoms with E-state index in [1.165, 1.54) is 12.5 Å². The molecule has 0 bridgehead atoms. The monoisotopic (exact) mass is 396 g/mol. The van der Waals surface area contributed by atoms with E-state index in [0.29, 0.717) is 11.3 Å². The normalized spacial score (nSPS) is 12.4. The molecule has 2 heterocycles. The van der Waals surface area contributed by atoms with E-state index < -0.39 is 21.8 Å². The maximum Gasteiger partial charge on any atom is 0.416 e. The smallest absolute Gasteiger partial charge is 0.416 e. The lowest BCUT2D eigenvalue weighted by atomic mass is 10.2. The summed E-state index contributed by atoms with van der Waals surface area (Å²) in [7, 11) is -4.06. The van der Waals surface area contributed by atoms with E-state index in [9.17, 15) is 21.6 Å². The number of aromatic nitrogens is 1. The first-order valence-electron chi connectivity index (χ1n) is 7.85. The predicted octanol–water partition coefficient (Wildman–Crippen LogP) is 4.08. The van der Waals surface area contributed by atoms with Crippen molar-refractivity contribution in [3.05, 3.63) is 84.1 Å². The summed E-state index contributed by atoms with van der Waals surface area (Å²) >= 11 is 0. The molecule has 0 N–H and O–H groups in total. The van der Waals surface area contributed by atoms with E-state index in [-0.39, 0.29) is 18.0 Å². The van der Waals surface area contributed by atoms with Gasteiger partial charge < -0.3 is 4.42 Å². The number of hydrogen-bond donors (Lipinski definition) is 0. The van der Waals surface area contributed by atoms with E-state index >= 15 is 0 Å². The second-order valence-corrected chi connectivity index (χ2v) is 7.67. The zero-order valence-corrected chi connectivity index (χ0v) is 14.7. The Morgan fingerprint density at radius 3 is 2.30 bits per heavy atom. The van der Waals surface area contributed by atoms with Crippen molar-refractivity contribution in [2.45, 2.75) is 24.2 Å². The SMILES string of the molecule is O=S(=O)(c1ccc(C(F)(F)F)cc1)N(Cc1cccnc1)Cc1ccco1. The Hall–Kier alpha value is -2.65. The minimum atomic E-state index is -4.54. The first-order valence-corrected chi connectivity index (χ1v) is 9.29. The molecule has 0 radical (unpaired) electrons. The lowest BCUT2D eigenvalue weighted by Crippen LogP contribution is -2.30. The van der Waals surface area contributed by atoms with Crippen LogP contribution in [0, 0.1) is 0 Å². The third-order valence-corrected chi connectivity index (χ3v) is 5.62. The van der Waals surface area contributed by atoms with Gasteiger partial charge in [0.1, 0.15) is 5.76 Å². The summed E-state index contributed by atoms with van der Waals surface area (Å²) in [6, 6.07) is 10.0. The van der Waals surface area contributed by atoms with Crippen molar-refractivity contribution in [2.75, 3.05) is 0 Å². The summed E-state index contributed by atoms with van der Waals surface area (Å²) in [5.74, 6) is 0.411. The molecule has 27 heavy (non-hydrogen) atoms. The second-order valence-electron chi connectivity index (χ2n) is 5.74. The van der Waals surface area contributed by atoms with E-state index in [1.54, 1.807) is 30.5 Å². The Kier molecular flexibility index (Phi) is 5.33. The second kappa shape index (κ2) is 7.53. The molecule has 142 valence electrons. The van der Waals surface area contributed by atoms with Crippen molar-refractivity contribution < 1.29 is 26.0 Å². The van der Waals surface area contributed by atoms with Crippen molar-refractivity contribution in [2.24, 2.45) is 0 Å². The average Bonchev–Trinajstić information content (AvgIpc) is 3.14. The van der Waals surface area contributed by atoms with Gasteiger partial charge in [-0.25, -0.2) is 8.42 Å². The van der Waals surface area contributed by atoms with Crippen LogP contribution in [0.15, 0.2) is 76.5 Å². The Bertz CT molecular complexity index is 971. The molecule has 0 saturated carbocycles. The van der Waals surface area contributed by atoms with Crippen LogP contribution in [0.4, 0.5) is 13.2 Å². The van der Waals surface area contributed by atoms with Crippen LogP contribution in [0.2, 0.25) is 0 Å². The van der Waals surface area contributed by atoms with E-state index in [4.69, 9.17) is 4.42 Å². The summed E-state index contributed by atoms with van der Waals surface area (Å²) in [6.45, 7) is -0.0663. The molecular weight excluding hydrogens is 381 g/mol. The van der Waals surface area contributed by atoms with Gasteiger partial charge in [-0.2, -0.15) is 17.5 Å². The van der Waals surface area contributed by atoms with E-state index in [2.05, 4.69) is 4.98 Å². The van der Waals surface area contributed by atoms with Gasteiger partial charge in [0.05, 0.1) is 23.3 Å². The molecule has 9 heteroatoms. The fourth-order valence-electron chi connectivity index (χ4n) is 2.46. The molecule has 3 rings (SSSR count). The molecule has 0 atom stereocenters. The first kappa shape index (κ1) is 19.1. The lowest BCUT2D eigenvalue weighted by Gasteiger charge is -2.21. The Morgan fingerprint density at radius 1 is 1.00 bits per heavy atom. The maximum atomic E-state index is 13.0. The number of sulfonamides is 1. The zero-order chi connectivity index (χ0) is 19.5. The Labute approximate surface area is 154 Å². The number of benzene rings is 1. The summed E-state index contributed by atoms with van der Waals surface area (Å²) in [6.07, 6.45) is -0.0314. The minimum absolute atomic E-state index is 0.00209. The van der Waals surface area contributed by atoms with Crippen molar-refractivity contribution in [3.8, 4) is 0 Å². The molecule has 1 aromatic carbocycles. The molecule has 0 saturated heterocycles. The minimum Gasteiger partial charge on any atom is -0.468 e. The highest BCUT2D eigenvalue weighted by Crippen LogP contribution is 2.30. The molecule has 0 amide bonds. The summed E-state index contributed by atoms with van der Waals surface area (Å²) in [4.78, 5) is 3.73. The van der Waals surface area contributed by atoms with Gasteiger partial charge in [-0.05, 0) is 48.0 Å². The number of halogens is 3. The highest BCUT2D eigenvalue weighted by molar-refractivity contribution is 7.89. The summed E-state index contributed by atoms with van der Waals surface area (Å²) in [5, 5.41) is 0. The lowest BCUT2D eigenvalue weighted by molar-refractivity contribution is -0.137. The van der Waals surface area contributed by atoms with Gasteiger partial charge in [-0.3, -0.25) is 4.98 Å². The molecule has 2 aromatic heterocycles. The molecule has 5 nitrogen and oxygen atoms in total. The standard InChI is InChI=1S/C18H15F3N2O3S/c19-18(20,21)15-5-7-17(8-6-15)27(24,25)23(13-16-4-2-10-26-16)12-14-3-1-9-22-11-14/h1-11H,12-13H2. The van der Waals surface area contributed by atoms with Crippen LogP contribution in [0.3, 0.4) is 0 Å². The molecule has 0 aliphatic carbocycles. The molecule has 0 aliphatic heterocycles. The topological polar surface area (TPSA) is 63.4 Å². The molecule has 0 unspecified atom stereocenters. The van der Waals surface area contributed by atoms with Gasteiger partial charge in [-0.1, -0.05) is 6.07 Å². The number of furan rings is 1. The van der Waals surface area contributed by atoms with Crippen LogP contribution in [-0.2, 0) is 29.3 Å². The summed E-state index contributed by atoms with van der Waals surface area (Å²) < 4.78 is 70.6. The van der Waals surface area contributed by atoms with Gasteiger partial charge in [0.2, 0.25) is 10.0 Å². The number of rotatable bonds is 6. The number of alkyl halides is 3. The van der Waals surface area contributed by atoms with Gasteiger partial charge in [-0.15, -0.1) is 0 Å². The zero-order valence-electron chi connectivity index (χ0n) is 13.9. The molecule has 0 aliphatic rings. The van der Waals surface area contributed by atoms with Crippen molar-refractivity contribution >= 4 is 10.0 Å². The van der Waals surface area contributed by atoms with Gasteiger partial charge in [0.25, 0.3) is 0 Å². The Balaban J connectivity index is 1.93. The van der Waals surface area contributed by atoms with Gasteiger partial charge in [0, 0.05) is 18.9 Å². The number of pyridine rings is 1.